The number of rotatable bonds is 2. The van der Waals surface area contributed by atoms with Crippen molar-refractivity contribution in [2.75, 3.05) is 13.6 Å². The number of aliphatic hydroxyl groups is 1. The zero-order valence-corrected chi connectivity index (χ0v) is 8.22. The predicted molar refractivity (Wildman–Crippen MR) is 46.9 cm³/mol. The van der Waals surface area contributed by atoms with E-state index in [1.54, 1.807) is 0 Å². The van der Waals surface area contributed by atoms with Gasteiger partial charge in [-0.15, -0.1) is 0 Å². The van der Waals surface area contributed by atoms with Crippen molar-refractivity contribution in [2.24, 2.45) is 0 Å². The van der Waals surface area contributed by atoms with Crippen molar-refractivity contribution in [3.8, 4) is 0 Å². The monoisotopic (exact) mass is 211 g/mol. The van der Waals surface area contributed by atoms with E-state index in [9.17, 15) is 18.3 Å². The zero-order valence-electron chi connectivity index (χ0n) is 8.22. The van der Waals surface area contributed by atoms with Crippen molar-refractivity contribution in [1.82, 2.24) is 4.90 Å². The van der Waals surface area contributed by atoms with Crippen molar-refractivity contribution in [1.29, 1.82) is 0 Å². The van der Waals surface area contributed by atoms with Crippen molar-refractivity contribution in [3.05, 3.63) is 0 Å². The van der Waals surface area contributed by atoms with Crippen LogP contribution in [0.3, 0.4) is 0 Å². The molecule has 0 aromatic rings. The SMILES string of the molecule is CN(CC(F)(F)F)[C@@H]1CCCC[C@H]1O. The highest BCUT2D eigenvalue weighted by Crippen LogP contribution is 2.25. The van der Waals surface area contributed by atoms with Gasteiger partial charge in [0.25, 0.3) is 0 Å². The number of halogens is 3. The van der Waals surface area contributed by atoms with Crippen LogP contribution in [0.5, 0.6) is 0 Å². The molecule has 2 atom stereocenters. The molecule has 0 bridgehead atoms. The highest BCUT2D eigenvalue weighted by atomic mass is 19.4. The van der Waals surface area contributed by atoms with Crippen LogP contribution in [0.2, 0.25) is 0 Å². The first kappa shape index (κ1) is 11.8. The van der Waals surface area contributed by atoms with Crippen LogP contribution in [0.15, 0.2) is 0 Å². The molecule has 0 heterocycles. The minimum absolute atomic E-state index is 0.328. The third kappa shape index (κ3) is 3.46. The molecule has 1 aliphatic rings. The first-order valence-electron chi connectivity index (χ1n) is 4.85. The summed E-state index contributed by atoms with van der Waals surface area (Å²) in [5.41, 5.74) is 0. The number of aliphatic hydroxyl groups excluding tert-OH is 1. The second kappa shape index (κ2) is 4.49. The van der Waals surface area contributed by atoms with E-state index in [-0.39, 0.29) is 6.04 Å². The number of alkyl halides is 3. The van der Waals surface area contributed by atoms with Crippen LogP contribution < -0.4 is 0 Å². The lowest BCUT2D eigenvalue weighted by molar-refractivity contribution is -0.153. The van der Waals surface area contributed by atoms with Crippen molar-refractivity contribution >= 4 is 0 Å². The van der Waals surface area contributed by atoms with Gasteiger partial charge in [-0.1, -0.05) is 12.8 Å². The molecule has 1 fully saturated rings. The highest BCUT2D eigenvalue weighted by Gasteiger charge is 2.35. The predicted octanol–water partition coefficient (Wildman–Crippen LogP) is 1.78. The Bertz CT molecular complexity index is 183. The van der Waals surface area contributed by atoms with Gasteiger partial charge in [-0.3, -0.25) is 4.90 Å². The fourth-order valence-electron chi connectivity index (χ4n) is 2.01. The molecule has 1 saturated carbocycles. The summed E-state index contributed by atoms with van der Waals surface area (Å²) in [6, 6.07) is -0.328. The lowest BCUT2D eigenvalue weighted by Crippen LogP contribution is -2.46. The molecule has 5 heteroatoms. The van der Waals surface area contributed by atoms with Gasteiger partial charge in [0.2, 0.25) is 0 Å². The molecule has 14 heavy (non-hydrogen) atoms. The van der Waals surface area contributed by atoms with E-state index in [1.807, 2.05) is 0 Å². The standard InChI is InChI=1S/C9H16F3NO/c1-13(6-9(10,11)12)7-4-2-3-5-8(7)14/h7-8,14H,2-6H2,1H3/t7-,8-/m1/s1. The van der Waals surface area contributed by atoms with Crippen molar-refractivity contribution in [2.45, 2.75) is 44.0 Å². The molecule has 0 spiro atoms. The minimum Gasteiger partial charge on any atom is -0.391 e. The smallest absolute Gasteiger partial charge is 0.391 e. The highest BCUT2D eigenvalue weighted by molar-refractivity contribution is 4.82. The maximum atomic E-state index is 12.1. The third-order valence-corrected chi connectivity index (χ3v) is 2.69. The summed E-state index contributed by atoms with van der Waals surface area (Å²) in [7, 11) is 1.42. The molecule has 0 aromatic carbocycles. The molecule has 84 valence electrons. The van der Waals surface area contributed by atoms with Gasteiger partial charge < -0.3 is 5.11 Å². The van der Waals surface area contributed by atoms with Gasteiger partial charge in [-0.2, -0.15) is 13.2 Å². The molecule has 0 amide bonds. The lowest BCUT2D eigenvalue weighted by atomic mass is 9.91. The Morgan fingerprint density at radius 3 is 2.36 bits per heavy atom. The van der Waals surface area contributed by atoms with E-state index in [0.717, 1.165) is 12.8 Å². The van der Waals surface area contributed by atoms with Crippen LogP contribution in [0.25, 0.3) is 0 Å². The molecule has 0 unspecified atom stereocenters. The second-order valence-electron chi connectivity index (χ2n) is 3.95. The molecule has 0 aliphatic heterocycles. The van der Waals surface area contributed by atoms with Crippen molar-refractivity contribution < 1.29 is 18.3 Å². The Morgan fingerprint density at radius 2 is 1.86 bits per heavy atom. The molecule has 0 radical (unpaired) electrons. The maximum Gasteiger partial charge on any atom is 0.401 e. The third-order valence-electron chi connectivity index (χ3n) is 2.69. The quantitative estimate of drug-likeness (QED) is 0.752. The molecule has 1 N–H and O–H groups in total. The largest absolute Gasteiger partial charge is 0.401 e. The van der Waals surface area contributed by atoms with Crippen molar-refractivity contribution in [3.63, 3.8) is 0 Å². The summed E-state index contributed by atoms with van der Waals surface area (Å²) < 4.78 is 36.2. The normalized spacial score (nSPS) is 29.6. The molecule has 2 nitrogen and oxygen atoms in total. The lowest BCUT2D eigenvalue weighted by Gasteiger charge is -2.35. The molecular formula is C9H16F3NO. The molecular weight excluding hydrogens is 195 g/mol. The number of likely N-dealkylation sites (N-methyl/N-ethyl adjacent to an activating group) is 1. The van der Waals surface area contributed by atoms with Crippen LogP contribution in [0.4, 0.5) is 13.2 Å². The number of hydrogen-bond donors (Lipinski definition) is 1. The van der Waals surface area contributed by atoms with Gasteiger partial charge in [0, 0.05) is 6.04 Å². The summed E-state index contributed by atoms with van der Waals surface area (Å²) >= 11 is 0. The fourth-order valence-corrected chi connectivity index (χ4v) is 2.01. The topological polar surface area (TPSA) is 23.5 Å². The summed E-state index contributed by atoms with van der Waals surface area (Å²) in [5.74, 6) is 0. The Kier molecular flexibility index (Phi) is 3.78. The van der Waals surface area contributed by atoms with E-state index in [2.05, 4.69) is 0 Å². The van der Waals surface area contributed by atoms with E-state index >= 15 is 0 Å². The average molecular weight is 211 g/mol. The van der Waals surface area contributed by atoms with Crippen LogP contribution in [-0.4, -0.2) is 41.9 Å². The summed E-state index contributed by atoms with van der Waals surface area (Å²) in [6.45, 7) is -0.936. The molecule has 0 saturated heterocycles. The average Bonchev–Trinajstić information content (AvgIpc) is 2.01. The molecule has 0 aromatic heterocycles. The fraction of sp³-hybridized carbons (Fsp3) is 1.00. The van der Waals surface area contributed by atoms with Crippen LogP contribution in [0.1, 0.15) is 25.7 Å². The molecule has 1 aliphatic carbocycles. The van der Waals surface area contributed by atoms with Crippen LogP contribution >= 0.6 is 0 Å². The van der Waals surface area contributed by atoms with Gasteiger partial charge in [0.05, 0.1) is 12.6 Å². The van der Waals surface area contributed by atoms with E-state index in [4.69, 9.17) is 0 Å². The van der Waals surface area contributed by atoms with E-state index in [1.165, 1.54) is 11.9 Å². The van der Waals surface area contributed by atoms with Gasteiger partial charge in [0.1, 0.15) is 0 Å². The van der Waals surface area contributed by atoms with Gasteiger partial charge >= 0.3 is 6.18 Å². The number of nitrogens with zero attached hydrogens (tertiary/aromatic N) is 1. The Labute approximate surface area is 81.7 Å². The minimum atomic E-state index is -4.17. The first-order chi connectivity index (χ1) is 6.40. The summed E-state index contributed by atoms with van der Waals surface area (Å²) in [5, 5.41) is 9.53. The van der Waals surface area contributed by atoms with Gasteiger partial charge in [0.15, 0.2) is 0 Å². The Hall–Kier alpha value is -0.290. The maximum absolute atomic E-state index is 12.1. The summed E-state index contributed by atoms with van der Waals surface area (Å²) in [6.07, 6.45) is -1.68. The van der Waals surface area contributed by atoms with E-state index in [0.29, 0.717) is 12.8 Å². The zero-order chi connectivity index (χ0) is 10.8. The first-order valence-corrected chi connectivity index (χ1v) is 4.85. The van der Waals surface area contributed by atoms with Crippen LogP contribution in [-0.2, 0) is 0 Å². The summed E-state index contributed by atoms with van der Waals surface area (Å²) in [4.78, 5) is 1.21. The second-order valence-corrected chi connectivity index (χ2v) is 3.95. The number of hydrogen-bond acceptors (Lipinski definition) is 2. The Morgan fingerprint density at radius 1 is 1.29 bits per heavy atom. The molecule has 1 rings (SSSR count). The Balaban J connectivity index is 2.46. The van der Waals surface area contributed by atoms with E-state index < -0.39 is 18.8 Å². The van der Waals surface area contributed by atoms with Gasteiger partial charge in [-0.05, 0) is 19.9 Å². The van der Waals surface area contributed by atoms with Gasteiger partial charge in [-0.25, -0.2) is 0 Å². The van der Waals surface area contributed by atoms with Crippen LogP contribution in [0, 0.1) is 0 Å².